The normalized spacial score (nSPS) is 11.1. The van der Waals surface area contributed by atoms with Gasteiger partial charge in [-0.1, -0.05) is 24.3 Å². The van der Waals surface area contributed by atoms with E-state index in [4.69, 9.17) is 5.11 Å². The zero-order valence-electron chi connectivity index (χ0n) is 11.6. The number of aryl methyl sites for hydroxylation is 1. The van der Waals surface area contributed by atoms with Crippen molar-refractivity contribution in [3.8, 4) is 0 Å². The van der Waals surface area contributed by atoms with Crippen LogP contribution in [-0.2, 0) is 10.0 Å². The summed E-state index contributed by atoms with van der Waals surface area (Å²) in [6.07, 6.45) is 0. The van der Waals surface area contributed by atoms with Gasteiger partial charge < -0.3 is 5.11 Å². The molecule has 110 valence electrons. The number of carboxylic acids is 1. The molecule has 0 heterocycles. The maximum Gasteiger partial charge on any atom is 0.335 e. The van der Waals surface area contributed by atoms with Crippen molar-refractivity contribution in [2.45, 2.75) is 11.8 Å². The standard InChI is InChI=1S/C15H15NO4S/c1-11-8-9-12(15(17)18)10-14(11)16(2)21(19,20)13-6-4-3-5-7-13/h3-10H,1-2H3,(H,17,18). The van der Waals surface area contributed by atoms with Crippen LogP contribution in [0.3, 0.4) is 0 Å². The second-order valence-electron chi connectivity index (χ2n) is 4.59. The molecule has 2 aromatic carbocycles. The number of carbonyl (C=O) groups is 1. The second-order valence-corrected chi connectivity index (χ2v) is 6.56. The molecule has 0 fully saturated rings. The number of benzene rings is 2. The Labute approximate surface area is 123 Å². The number of carboxylic acid groups (broad SMARTS) is 1. The Kier molecular flexibility index (Phi) is 3.99. The molecule has 6 heteroatoms. The van der Waals surface area contributed by atoms with Crippen LogP contribution in [0.4, 0.5) is 5.69 Å². The van der Waals surface area contributed by atoms with E-state index in [1.54, 1.807) is 31.2 Å². The second kappa shape index (κ2) is 5.57. The Hall–Kier alpha value is -2.34. The van der Waals surface area contributed by atoms with Crippen molar-refractivity contribution in [2.24, 2.45) is 0 Å². The van der Waals surface area contributed by atoms with Crippen molar-refractivity contribution < 1.29 is 18.3 Å². The smallest absolute Gasteiger partial charge is 0.335 e. The highest BCUT2D eigenvalue weighted by atomic mass is 32.2. The van der Waals surface area contributed by atoms with Crippen LogP contribution in [0.15, 0.2) is 53.4 Å². The van der Waals surface area contributed by atoms with Gasteiger partial charge in [0.15, 0.2) is 0 Å². The van der Waals surface area contributed by atoms with E-state index in [0.717, 1.165) is 4.31 Å². The van der Waals surface area contributed by atoms with Gasteiger partial charge in [-0.25, -0.2) is 13.2 Å². The lowest BCUT2D eigenvalue weighted by molar-refractivity contribution is 0.0697. The number of nitrogens with zero attached hydrogens (tertiary/aromatic N) is 1. The summed E-state index contributed by atoms with van der Waals surface area (Å²) in [5.74, 6) is -1.10. The van der Waals surface area contributed by atoms with Crippen LogP contribution in [-0.4, -0.2) is 26.5 Å². The zero-order valence-corrected chi connectivity index (χ0v) is 12.5. The maximum atomic E-state index is 12.5. The Morgan fingerprint density at radius 2 is 1.71 bits per heavy atom. The summed E-state index contributed by atoms with van der Waals surface area (Å²) in [6.45, 7) is 1.73. The summed E-state index contributed by atoms with van der Waals surface area (Å²) in [5.41, 5.74) is 1.08. The van der Waals surface area contributed by atoms with Gasteiger partial charge in [-0.15, -0.1) is 0 Å². The summed E-state index contributed by atoms with van der Waals surface area (Å²) in [4.78, 5) is 11.2. The predicted molar refractivity (Wildman–Crippen MR) is 80.2 cm³/mol. The summed E-state index contributed by atoms with van der Waals surface area (Å²) in [5, 5.41) is 9.03. The molecule has 0 atom stereocenters. The highest BCUT2D eigenvalue weighted by Gasteiger charge is 2.22. The monoisotopic (exact) mass is 305 g/mol. The van der Waals surface area contributed by atoms with E-state index in [0.29, 0.717) is 11.3 Å². The van der Waals surface area contributed by atoms with Gasteiger partial charge in [0, 0.05) is 7.05 Å². The summed E-state index contributed by atoms with van der Waals surface area (Å²) in [6, 6.07) is 12.4. The third-order valence-corrected chi connectivity index (χ3v) is 4.98. The van der Waals surface area contributed by atoms with Crippen LogP contribution in [0.25, 0.3) is 0 Å². The summed E-state index contributed by atoms with van der Waals surface area (Å²) < 4.78 is 26.2. The minimum Gasteiger partial charge on any atom is -0.478 e. The molecular weight excluding hydrogens is 290 g/mol. The molecule has 0 saturated carbocycles. The fraction of sp³-hybridized carbons (Fsp3) is 0.133. The van der Waals surface area contributed by atoms with E-state index >= 15 is 0 Å². The number of rotatable bonds is 4. The fourth-order valence-electron chi connectivity index (χ4n) is 1.96. The molecule has 2 aromatic rings. The van der Waals surface area contributed by atoms with Gasteiger partial charge >= 0.3 is 5.97 Å². The van der Waals surface area contributed by atoms with Gasteiger partial charge in [0.25, 0.3) is 10.0 Å². The molecule has 0 saturated heterocycles. The average Bonchev–Trinajstić information content (AvgIpc) is 2.47. The van der Waals surface area contributed by atoms with E-state index < -0.39 is 16.0 Å². The number of aromatic carboxylic acids is 1. The van der Waals surface area contributed by atoms with Crippen LogP contribution in [0.2, 0.25) is 0 Å². The first-order valence-electron chi connectivity index (χ1n) is 6.22. The predicted octanol–water partition coefficient (Wildman–Crippen LogP) is 2.52. The first-order chi connectivity index (χ1) is 9.84. The van der Waals surface area contributed by atoms with E-state index in [2.05, 4.69) is 0 Å². The van der Waals surface area contributed by atoms with E-state index in [9.17, 15) is 13.2 Å². The summed E-state index contributed by atoms with van der Waals surface area (Å²) in [7, 11) is -2.30. The van der Waals surface area contributed by atoms with Gasteiger partial charge in [0.1, 0.15) is 0 Å². The lowest BCUT2D eigenvalue weighted by Crippen LogP contribution is -2.27. The molecular formula is C15H15NO4S. The largest absolute Gasteiger partial charge is 0.478 e. The minimum absolute atomic E-state index is 0.0470. The van der Waals surface area contributed by atoms with E-state index in [-0.39, 0.29) is 10.5 Å². The van der Waals surface area contributed by atoms with Gasteiger partial charge in [-0.3, -0.25) is 4.31 Å². The van der Waals surface area contributed by atoms with Crippen molar-refractivity contribution in [2.75, 3.05) is 11.4 Å². The molecule has 2 rings (SSSR count). The number of hydrogen-bond donors (Lipinski definition) is 1. The molecule has 0 aliphatic carbocycles. The third-order valence-electron chi connectivity index (χ3n) is 3.20. The van der Waals surface area contributed by atoms with Crippen LogP contribution in [0.1, 0.15) is 15.9 Å². The Balaban J connectivity index is 2.52. The molecule has 0 amide bonds. The average molecular weight is 305 g/mol. The Bertz CT molecular complexity index is 770. The molecule has 0 aliphatic heterocycles. The van der Waals surface area contributed by atoms with Gasteiger partial charge in [0.05, 0.1) is 16.1 Å². The quantitative estimate of drug-likeness (QED) is 0.942. The molecule has 0 aliphatic rings. The molecule has 0 bridgehead atoms. The molecule has 5 nitrogen and oxygen atoms in total. The fourth-order valence-corrected chi connectivity index (χ4v) is 3.23. The third kappa shape index (κ3) is 2.90. The Morgan fingerprint density at radius 1 is 1.10 bits per heavy atom. The van der Waals surface area contributed by atoms with Crippen LogP contribution >= 0.6 is 0 Å². The van der Waals surface area contributed by atoms with E-state index in [1.165, 1.54) is 31.3 Å². The van der Waals surface area contributed by atoms with Crippen LogP contribution < -0.4 is 4.31 Å². The highest BCUT2D eigenvalue weighted by Crippen LogP contribution is 2.26. The lowest BCUT2D eigenvalue weighted by Gasteiger charge is -2.21. The first-order valence-corrected chi connectivity index (χ1v) is 7.66. The SMILES string of the molecule is Cc1ccc(C(=O)O)cc1N(C)S(=O)(=O)c1ccccc1. The van der Waals surface area contributed by atoms with Crippen molar-refractivity contribution >= 4 is 21.7 Å². The Morgan fingerprint density at radius 3 is 2.29 bits per heavy atom. The zero-order chi connectivity index (χ0) is 15.6. The molecule has 21 heavy (non-hydrogen) atoms. The molecule has 0 aromatic heterocycles. The summed E-state index contributed by atoms with van der Waals surface area (Å²) >= 11 is 0. The van der Waals surface area contributed by atoms with Crippen molar-refractivity contribution in [1.29, 1.82) is 0 Å². The van der Waals surface area contributed by atoms with Crippen molar-refractivity contribution in [3.05, 3.63) is 59.7 Å². The lowest BCUT2D eigenvalue weighted by atomic mass is 10.1. The number of sulfonamides is 1. The molecule has 1 N–H and O–H groups in total. The number of hydrogen-bond acceptors (Lipinski definition) is 3. The minimum atomic E-state index is -3.72. The van der Waals surface area contributed by atoms with Crippen LogP contribution in [0, 0.1) is 6.92 Å². The van der Waals surface area contributed by atoms with Crippen LogP contribution in [0.5, 0.6) is 0 Å². The first kappa shape index (κ1) is 15.1. The molecule has 0 spiro atoms. The van der Waals surface area contributed by atoms with Gasteiger partial charge in [0.2, 0.25) is 0 Å². The topological polar surface area (TPSA) is 74.7 Å². The molecule has 0 radical (unpaired) electrons. The van der Waals surface area contributed by atoms with Gasteiger partial charge in [-0.2, -0.15) is 0 Å². The maximum absolute atomic E-state index is 12.5. The van der Waals surface area contributed by atoms with Gasteiger partial charge in [-0.05, 0) is 36.8 Å². The highest BCUT2D eigenvalue weighted by molar-refractivity contribution is 7.92. The van der Waals surface area contributed by atoms with Crippen molar-refractivity contribution in [3.63, 3.8) is 0 Å². The van der Waals surface area contributed by atoms with Crippen molar-refractivity contribution in [1.82, 2.24) is 0 Å². The van der Waals surface area contributed by atoms with E-state index in [1.807, 2.05) is 0 Å². The number of anilines is 1. The molecule has 0 unspecified atom stereocenters.